The summed E-state index contributed by atoms with van der Waals surface area (Å²) in [4.78, 5) is 0. The standard InChI is InChI=1S/C16H17BrFNO/c1-11(19-2)12-4-3-5-15(8-12)20-10-13-6-7-14(18)9-16(13)17/h3-9,11,19H,10H2,1-2H3. The molecule has 0 aliphatic heterocycles. The van der Waals surface area contributed by atoms with E-state index in [-0.39, 0.29) is 11.9 Å². The van der Waals surface area contributed by atoms with E-state index in [4.69, 9.17) is 4.74 Å². The van der Waals surface area contributed by atoms with Crippen molar-refractivity contribution in [2.45, 2.75) is 19.6 Å². The fraction of sp³-hybridized carbons (Fsp3) is 0.250. The van der Waals surface area contributed by atoms with Crippen LogP contribution in [0.5, 0.6) is 5.75 Å². The van der Waals surface area contributed by atoms with E-state index >= 15 is 0 Å². The smallest absolute Gasteiger partial charge is 0.124 e. The van der Waals surface area contributed by atoms with Gasteiger partial charge in [0.25, 0.3) is 0 Å². The maximum Gasteiger partial charge on any atom is 0.124 e. The third kappa shape index (κ3) is 3.81. The highest BCUT2D eigenvalue weighted by Crippen LogP contribution is 2.22. The molecule has 106 valence electrons. The summed E-state index contributed by atoms with van der Waals surface area (Å²) < 4.78 is 19.5. The Labute approximate surface area is 127 Å². The molecule has 0 saturated heterocycles. The van der Waals surface area contributed by atoms with Gasteiger partial charge in [0.1, 0.15) is 18.2 Å². The number of hydrogen-bond acceptors (Lipinski definition) is 2. The van der Waals surface area contributed by atoms with Crippen LogP contribution in [0, 0.1) is 5.82 Å². The molecule has 4 heteroatoms. The monoisotopic (exact) mass is 337 g/mol. The van der Waals surface area contributed by atoms with Gasteiger partial charge in [0, 0.05) is 16.1 Å². The Kier molecular flexibility index (Phi) is 5.15. The second-order valence-electron chi connectivity index (χ2n) is 4.61. The van der Waals surface area contributed by atoms with Crippen molar-refractivity contribution in [3.05, 3.63) is 63.9 Å². The van der Waals surface area contributed by atoms with Gasteiger partial charge in [0.15, 0.2) is 0 Å². The molecule has 0 saturated carbocycles. The predicted octanol–water partition coefficient (Wildman–Crippen LogP) is 4.45. The molecule has 0 fully saturated rings. The molecule has 1 N–H and O–H groups in total. The van der Waals surface area contributed by atoms with Crippen molar-refractivity contribution >= 4 is 15.9 Å². The molecule has 2 aromatic carbocycles. The van der Waals surface area contributed by atoms with Gasteiger partial charge in [-0.2, -0.15) is 0 Å². The fourth-order valence-corrected chi connectivity index (χ4v) is 2.31. The van der Waals surface area contributed by atoms with Gasteiger partial charge in [-0.25, -0.2) is 4.39 Å². The first-order chi connectivity index (χ1) is 9.60. The molecule has 0 spiro atoms. The molecule has 20 heavy (non-hydrogen) atoms. The molecule has 1 unspecified atom stereocenters. The van der Waals surface area contributed by atoms with E-state index in [0.29, 0.717) is 6.61 Å². The zero-order valence-corrected chi connectivity index (χ0v) is 13.1. The summed E-state index contributed by atoms with van der Waals surface area (Å²) in [5, 5.41) is 3.19. The third-order valence-electron chi connectivity index (χ3n) is 3.20. The Hall–Kier alpha value is -1.39. The molecule has 0 radical (unpaired) electrons. The minimum absolute atomic E-state index is 0.259. The van der Waals surface area contributed by atoms with Crippen LogP contribution in [0.1, 0.15) is 24.1 Å². The van der Waals surface area contributed by atoms with Gasteiger partial charge >= 0.3 is 0 Å². The number of halogens is 2. The molecule has 1 atom stereocenters. The topological polar surface area (TPSA) is 21.3 Å². The van der Waals surface area contributed by atoms with Crippen LogP contribution >= 0.6 is 15.9 Å². The molecule has 0 aromatic heterocycles. The molecule has 0 aliphatic rings. The van der Waals surface area contributed by atoms with Crippen molar-refractivity contribution in [1.29, 1.82) is 0 Å². The highest BCUT2D eigenvalue weighted by Gasteiger charge is 2.05. The van der Waals surface area contributed by atoms with Crippen LogP contribution in [0.3, 0.4) is 0 Å². The van der Waals surface area contributed by atoms with Crippen molar-refractivity contribution in [3.63, 3.8) is 0 Å². The Morgan fingerprint density at radius 2 is 2.05 bits per heavy atom. The number of benzene rings is 2. The maximum absolute atomic E-state index is 13.0. The molecule has 2 nitrogen and oxygen atoms in total. The van der Waals surface area contributed by atoms with Crippen LogP contribution in [-0.2, 0) is 6.61 Å². The summed E-state index contributed by atoms with van der Waals surface area (Å²) in [6.07, 6.45) is 0. The molecule has 0 heterocycles. The van der Waals surface area contributed by atoms with Gasteiger partial charge in [-0.05, 0) is 43.8 Å². The van der Waals surface area contributed by atoms with Crippen LogP contribution in [-0.4, -0.2) is 7.05 Å². The molecular weight excluding hydrogens is 321 g/mol. The van der Waals surface area contributed by atoms with Crippen LogP contribution in [0.4, 0.5) is 4.39 Å². The second kappa shape index (κ2) is 6.86. The lowest BCUT2D eigenvalue weighted by atomic mass is 10.1. The summed E-state index contributed by atoms with van der Waals surface area (Å²) in [6.45, 7) is 2.49. The first kappa shape index (κ1) is 15.0. The SMILES string of the molecule is CNC(C)c1cccc(OCc2ccc(F)cc2Br)c1. The number of rotatable bonds is 5. The average Bonchev–Trinajstić information content (AvgIpc) is 2.46. The first-order valence-corrected chi connectivity index (χ1v) is 7.23. The fourth-order valence-electron chi connectivity index (χ4n) is 1.84. The lowest BCUT2D eigenvalue weighted by Crippen LogP contribution is -2.12. The van der Waals surface area contributed by atoms with E-state index in [2.05, 4.69) is 34.2 Å². The Bertz CT molecular complexity index is 588. The van der Waals surface area contributed by atoms with Gasteiger partial charge in [0.2, 0.25) is 0 Å². The number of hydrogen-bond donors (Lipinski definition) is 1. The van der Waals surface area contributed by atoms with Gasteiger partial charge < -0.3 is 10.1 Å². The molecule has 0 amide bonds. The van der Waals surface area contributed by atoms with Crippen LogP contribution in [0.2, 0.25) is 0 Å². The molecular formula is C16H17BrFNO. The molecule has 2 rings (SSSR count). The van der Waals surface area contributed by atoms with Gasteiger partial charge in [-0.3, -0.25) is 0 Å². The van der Waals surface area contributed by atoms with Gasteiger partial charge in [-0.15, -0.1) is 0 Å². The molecule has 2 aromatic rings. The summed E-state index contributed by atoms with van der Waals surface area (Å²) in [6, 6.07) is 12.8. The summed E-state index contributed by atoms with van der Waals surface area (Å²) in [7, 11) is 1.92. The maximum atomic E-state index is 13.0. The van der Waals surface area contributed by atoms with Gasteiger partial charge in [0.05, 0.1) is 0 Å². The van der Waals surface area contributed by atoms with Crippen LogP contribution in [0.15, 0.2) is 46.9 Å². The third-order valence-corrected chi connectivity index (χ3v) is 3.94. The quantitative estimate of drug-likeness (QED) is 0.870. The minimum atomic E-state index is -0.259. The largest absolute Gasteiger partial charge is 0.489 e. The van der Waals surface area contributed by atoms with E-state index in [1.54, 1.807) is 6.07 Å². The van der Waals surface area contributed by atoms with Crippen molar-refractivity contribution in [3.8, 4) is 5.75 Å². The van der Waals surface area contributed by atoms with Crippen molar-refractivity contribution < 1.29 is 9.13 Å². The van der Waals surface area contributed by atoms with Crippen LogP contribution < -0.4 is 10.1 Å². The lowest BCUT2D eigenvalue weighted by molar-refractivity contribution is 0.304. The normalized spacial score (nSPS) is 12.2. The zero-order valence-electron chi connectivity index (χ0n) is 11.5. The van der Waals surface area contributed by atoms with E-state index in [0.717, 1.165) is 15.8 Å². The highest BCUT2D eigenvalue weighted by atomic mass is 79.9. The van der Waals surface area contributed by atoms with E-state index < -0.39 is 0 Å². The predicted molar refractivity (Wildman–Crippen MR) is 82.3 cm³/mol. The van der Waals surface area contributed by atoms with Crippen molar-refractivity contribution in [2.75, 3.05) is 7.05 Å². The van der Waals surface area contributed by atoms with E-state index in [1.165, 1.54) is 17.7 Å². The summed E-state index contributed by atoms with van der Waals surface area (Å²) in [5.41, 5.74) is 2.08. The van der Waals surface area contributed by atoms with E-state index in [9.17, 15) is 4.39 Å². The van der Waals surface area contributed by atoms with Crippen molar-refractivity contribution in [2.24, 2.45) is 0 Å². The van der Waals surface area contributed by atoms with Crippen LogP contribution in [0.25, 0.3) is 0 Å². The highest BCUT2D eigenvalue weighted by molar-refractivity contribution is 9.10. The zero-order chi connectivity index (χ0) is 14.5. The summed E-state index contributed by atoms with van der Waals surface area (Å²) in [5.74, 6) is 0.547. The lowest BCUT2D eigenvalue weighted by Gasteiger charge is -2.13. The Morgan fingerprint density at radius 1 is 1.25 bits per heavy atom. The Morgan fingerprint density at radius 3 is 2.75 bits per heavy atom. The Balaban J connectivity index is 2.07. The second-order valence-corrected chi connectivity index (χ2v) is 5.46. The van der Waals surface area contributed by atoms with Gasteiger partial charge in [-0.1, -0.05) is 34.1 Å². The number of ether oxygens (including phenoxy) is 1. The first-order valence-electron chi connectivity index (χ1n) is 6.44. The number of nitrogens with one attached hydrogen (secondary N) is 1. The van der Waals surface area contributed by atoms with Crippen molar-refractivity contribution in [1.82, 2.24) is 5.32 Å². The molecule has 0 aliphatic carbocycles. The molecule has 0 bridgehead atoms. The average molecular weight is 338 g/mol. The summed E-state index contributed by atoms with van der Waals surface area (Å²) >= 11 is 3.34. The van der Waals surface area contributed by atoms with E-state index in [1.807, 2.05) is 25.2 Å². The minimum Gasteiger partial charge on any atom is -0.489 e.